The molecule has 0 saturated carbocycles. The monoisotopic (exact) mass is 389 g/mol. The minimum Gasteiger partial charge on any atom is -0.492 e. The highest BCUT2D eigenvalue weighted by molar-refractivity contribution is 7.90. The SMILES string of the molecule is CCOc1cc2c(cc1NC(=O)c1cc(S(C)(=O)=O)ccc1C)O[C@H](C)C2. The lowest BCUT2D eigenvalue weighted by atomic mass is 10.1. The number of rotatable bonds is 5. The van der Waals surface area contributed by atoms with Crippen LogP contribution < -0.4 is 14.8 Å². The van der Waals surface area contributed by atoms with Gasteiger partial charge in [-0.05, 0) is 44.5 Å². The Bertz CT molecular complexity index is 998. The van der Waals surface area contributed by atoms with E-state index in [2.05, 4.69) is 5.32 Å². The predicted octanol–water partition coefficient (Wildman–Crippen LogP) is 3.37. The topological polar surface area (TPSA) is 81.7 Å². The van der Waals surface area contributed by atoms with Gasteiger partial charge < -0.3 is 14.8 Å². The molecule has 0 aromatic heterocycles. The molecule has 3 rings (SSSR count). The number of hydrogen-bond acceptors (Lipinski definition) is 5. The molecule has 0 spiro atoms. The molecule has 144 valence electrons. The Morgan fingerprint density at radius 1 is 1.30 bits per heavy atom. The second kappa shape index (κ2) is 7.23. The lowest BCUT2D eigenvalue weighted by molar-refractivity contribution is 0.102. The van der Waals surface area contributed by atoms with Crippen molar-refractivity contribution in [1.29, 1.82) is 0 Å². The van der Waals surface area contributed by atoms with Crippen LogP contribution in [0.25, 0.3) is 0 Å². The predicted molar refractivity (Wildman–Crippen MR) is 104 cm³/mol. The lowest BCUT2D eigenvalue weighted by Gasteiger charge is -2.14. The van der Waals surface area contributed by atoms with E-state index in [1.54, 1.807) is 19.1 Å². The van der Waals surface area contributed by atoms with Crippen molar-refractivity contribution in [1.82, 2.24) is 0 Å². The van der Waals surface area contributed by atoms with E-state index in [0.29, 0.717) is 29.2 Å². The molecule has 2 aromatic rings. The van der Waals surface area contributed by atoms with Gasteiger partial charge in [-0.25, -0.2) is 8.42 Å². The maximum absolute atomic E-state index is 12.8. The third-order valence-corrected chi connectivity index (χ3v) is 5.54. The molecule has 6 nitrogen and oxygen atoms in total. The summed E-state index contributed by atoms with van der Waals surface area (Å²) in [5.74, 6) is 0.895. The minimum atomic E-state index is -3.40. The molecule has 0 radical (unpaired) electrons. The first-order chi connectivity index (χ1) is 12.7. The van der Waals surface area contributed by atoms with Gasteiger partial charge in [0.15, 0.2) is 9.84 Å². The van der Waals surface area contributed by atoms with E-state index in [1.807, 2.05) is 19.9 Å². The average molecular weight is 389 g/mol. The molecule has 2 aromatic carbocycles. The van der Waals surface area contributed by atoms with Crippen LogP contribution in [0.5, 0.6) is 11.5 Å². The van der Waals surface area contributed by atoms with E-state index in [-0.39, 0.29) is 11.0 Å². The number of anilines is 1. The van der Waals surface area contributed by atoms with Gasteiger partial charge in [-0.1, -0.05) is 6.07 Å². The number of fused-ring (bicyclic) bond motifs is 1. The number of amides is 1. The van der Waals surface area contributed by atoms with Crippen LogP contribution in [0.2, 0.25) is 0 Å². The van der Waals surface area contributed by atoms with Crippen molar-refractivity contribution in [2.24, 2.45) is 0 Å². The Morgan fingerprint density at radius 3 is 2.70 bits per heavy atom. The second-order valence-corrected chi connectivity index (χ2v) is 8.74. The summed E-state index contributed by atoms with van der Waals surface area (Å²) in [6.07, 6.45) is 1.99. The van der Waals surface area contributed by atoms with Gasteiger partial charge >= 0.3 is 0 Å². The average Bonchev–Trinajstić information content (AvgIpc) is 2.93. The van der Waals surface area contributed by atoms with Crippen LogP contribution in [-0.4, -0.2) is 33.3 Å². The molecule has 1 heterocycles. The molecule has 0 fully saturated rings. The Hall–Kier alpha value is -2.54. The van der Waals surface area contributed by atoms with Crippen LogP contribution in [0.3, 0.4) is 0 Å². The number of sulfone groups is 1. The summed E-state index contributed by atoms with van der Waals surface area (Å²) in [4.78, 5) is 12.9. The van der Waals surface area contributed by atoms with E-state index < -0.39 is 15.7 Å². The molecule has 1 amide bonds. The summed E-state index contributed by atoms with van der Waals surface area (Å²) in [6.45, 7) is 6.08. The Morgan fingerprint density at radius 2 is 2.04 bits per heavy atom. The zero-order chi connectivity index (χ0) is 19.8. The van der Waals surface area contributed by atoms with Gasteiger partial charge in [0, 0.05) is 29.9 Å². The molecular formula is C20H23NO5S. The number of aryl methyl sites for hydroxylation is 1. The second-order valence-electron chi connectivity index (χ2n) is 6.72. The zero-order valence-electron chi connectivity index (χ0n) is 15.8. The molecule has 0 saturated heterocycles. The number of carbonyl (C=O) groups excluding carboxylic acids is 1. The third kappa shape index (κ3) is 4.08. The van der Waals surface area contributed by atoms with E-state index in [0.717, 1.165) is 24.0 Å². The quantitative estimate of drug-likeness (QED) is 0.848. The van der Waals surface area contributed by atoms with Gasteiger partial charge in [0.2, 0.25) is 0 Å². The molecule has 1 aliphatic heterocycles. The molecular weight excluding hydrogens is 366 g/mol. The Kier molecular flexibility index (Phi) is 5.15. The van der Waals surface area contributed by atoms with Crippen molar-refractivity contribution in [2.75, 3.05) is 18.2 Å². The van der Waals surface area contributed by atoms with Crippen molar-refractivity contribution in [2.45, 2.75) is 38.2 Å². The van der Waals surface area contributed by atoms with E-state index in [1.165, 1.54) is 12.1 Å². The van der Waals surface area contributed by atoms with Crippen molar-refractivity contribution in [3.05, 3.63) is 47.0 Å². The zero-order valence-corrected chi connectivity index (χ0v) is 16.6. The van der Waals surface area contributed by atoms with Gasteiger partial charge in [-0.2, -0.15) is 0 Å². The van der Waals surface area contributed by atoms with Crippen molar-refractivity contribution in [3.63, 3.8) is 0 Å². The van der Waals surface area contributed by atoms with Crippen LogP contribution in [0.15, 0.2) is 35.2 Å². The molecule has 1 aliphatic rings. The standard InChI is InChI=1S/C20H23NO5S/c1-5-25-19-9-14-8-13(3)26-18(14)11-17(19)21-20(22)16-10-15(27(4,23)24)7-6-12(16)2/h6-7,9-11,13H,5,8H2,1-4H3,(H,21,22)/t13-/m1/s1. The molecule has 0 bridgehead atoms. The molecule has 7 heteroatoms. The van der Waals surface area contributed by atoms with E-state index in [4.69, 9.17) is 9.47 Å². The summed E-state index contributed by atoms with van der Waals surface area (Å²) in [6, 6.07) is 8.17. The lowest BCUT2D eigenvalue weighted by Crippen LogP contribution is -2.15. The fourth-order valence-corrected chi connectivity index (χ4v) is 3.73. The highest BCUT2D eigenvalue weighted by atomic mass is 32.2. The normalized spacial score (nSPS) is 15.8. The molecule has 0 aliphatic carbocycles. The van der Waals surface area contributed by atoms with Crippen LogP contribution in [0.1, 0.15) is 35.3 Å². The number of benzene rings is 2. The van der Waals surface area contributed by atoms with Crippen LogP contribution >= 0.6 is 0 Å². The van der Waals surface area contributed by atoms with E-state index in [9.17, 15) is 13.2 Å². The summed E-state index contributed by atoms with van der Waals surface area (Å²) in [5, 5.41) is 2.84. The molecule has 0 unspecified atom stereocenters. The minimum absolute atomic E-state index is 0.0779. The smallest absolute Gasteiger partial charge is 0.256 e. The highest BCUT2D eigenvalue weighted by Crippen LogP contribution is 2.38. The first-order valence-electron chi connectivity index (χ1n) is 8.77. The summed E-state index contributed by atoms with van der Waals surface area (Å²) in [5.41, 5.74) is 2.53. The first kappa shape index (κ1) is 19.2. The van der Waals surface area contributed by atoms with Crippen LogP contribution in [0, 0.1) is 6.92 Å². The summed E-state index contributed by atoms with van der Waals surface area (Å²) in [7, 11) is -3.40. The fourth-order valence-electron chi connectivity index (χ4n) is 3.08. The molecule has 27 heavy (non-hydrogen) atoms. The van der Waals surface area contributed by atoms with Crippen molar-refractivity contribution < 1.29 is 22.7 Å². The number of hydrogen-bond donors (Lipinski definition) is 1. The van der Waals surface area contributed by atoms with Crippen LogP contribution in [-0.2, 0) is 16.3 Å². The van der Waals surface area contributed by atoms with Gasteiger partial charge in [-0.15, -0.1) is 0 Å². The fraction of sp³-hybridized carbons (Fsp3) is 0.350. The maximum Gasteiger partial charge on any atom is 0.256 e. The van der Waals surface area contributed by atoms with Crippen molar-refractivity contribution in [3.8, 4) is 11.5 Å². The van der Waals surface area contributed by atoms with Crippen LogP contribution in [0.4, 0.5) is 5.69 Å². The number of nitrogens with one attached hydrogen (secondary N) is 1. The maximum atomic E-state index is 12.8. The summed E-state index contributed by atoms with van der Waals surface area (Å²) < 4.78 is 35.1. The largest absolute Gasteiger partial charge is 0.492 e. The van der Waals surface area contributed by atoms with Gasteiger partial charge in [0.25, 0.3) is 5.91 Å². The molecule has 1 N–H and O–H groups in total. The van der Waals surface area contributed by atoms with E-state index >= 15 is 0 Å². The van der Waals surface area contributed by atoms with Crippen molar-refractivity contribution >= 4 is 21.4 Å². The Labute approximate surface area is 159 Å². The van der Waals surface area contributed by atoms with Gasteiger partial charge in [-0.3, -0.25) is 4.79 Å². The van der Waals surface area contributed by atoms with Gasteiger partial charge in [0.05, 0.1) is 17.2 Å². The number of ether oxygens (including phenoxy) is 2. The Balaban J connectivity index is 1.96. The van der Waals surface area contributed by atoms with Gasteiger partial charge in [0.1, 0.15) is 17.6 Å². The first-order valence-corrected chi connectivity index (χ1v) is 10.7. The highest BCUT2D eigenvalue weighted by Gasteiger charge is 2.23. The third-order valence-electron chi connectivity index (χ3n) is 4.43. The molecule has 1 atom stereocenters. The summed E-state index contributed by atoms with van der Waals surface area (Å²) >= 11 is 0. The number of carbonyl (C=O) groups is 1.